The lowest BCUT2D eigenvalue weighted by molar-refractivity contribution is 0.151. The molecule has 0 saturated carbocycles. The minimum Gasteiger partial charge on any atom is -0.304 e. The summed E-state index contributed by atoms with van der Waals surface area (Å²) in [6.45, 7) is 18.8. The number of rotatable bonds is 6. The largest absolute Gasteiger partial charge is 0.304 e. The molecule has 0 aromatic rings. The van der Waals surface area contributed by atoms with E-state index in [9.17, 15) is 0 Å². The highest BCUT2D eigenvalue weighted by atomic mass is 15.2. The molecule has 2 nitrogen and oxygen atoms in total. The second kappa shape index (κ2) is 11.5. The zero-order valence-electron chi connectivity index (χ0n) is 14.0. The van der Waals surface area contributed by atoms with Gasteiger partial charge in [0.2, 0.25) is 0 Å². The maximum absolute atomic E-state index is 3.56. The van der Waals surface area contributed by atoms with Crippen LogP contribution in [0, 0.1) is 11.8 Å². The van der Waals surface area contributed by atoms with Gasteiger partial charge in [-0.2, -0.15) is 0 Å². The van der Waals surface area contributed by atoms with E-state index in [1.54, 1.807) is 0 Å². The predicted molar refractivity (Wildman–Crippen MR) is 87.7 cm³/mol. The fourth-order valence-corrected chi connectivity index (χ4v) is 1.96. The van der Waals surface area contributed by atoms with Crippen LogP contribution in [0.25, 0.3) is 0 Å². The van der Waals surface area contributed by atoms with E-state index in [1.165, 1.54) is 52.0 Å². The Hall–Kier alpha value is -0.340. The normalized spacial score (nSPS) is 17.4. The summed E-state index contributed by atoms with van der Waals surface area (Å²) in [5, 5.41) is 0. The first-order chi connectivity index (χ1) is 8.95. The van der Waals surface area contributed by atoms with E-state index in [0.717, 1.165) is 5.92 Å². The van der Waals surface area contributed by atoms with Crippen molar-refractivity contribution in [3.05, 3.63) is 12.7 Å². The zero-order valence-corrected chi connectivity index (χ0v) is 14.0. The summed E-state index contributed by atoms with van der Waals surface area (Å²) in [6, 6.07) is 0. The molecule has 0 unspecified atom stereocenters. The van der Waals surface area contributed by atoms with Crippen molar-refractivity contribution in [1.29, 1.82) is 0 Å². The summed E-state index contributed by atoms with van der Waals surface area (Å²) in [7, 11) is 2.22. The lowest BCUT2D eigenvalue weighted by Gasteiger charge is -2.32. The first-order valence-electron chi connectivity index (χ1n) is 7.99. The molecule has 0 spiro atoms. The van der Waals surface area contributed by atoms with Crippen LogP contribution < -0.4 is 0 Å². The molecule has 0 bridgehead atoms. The van der Waals surface area contributed by atoms with Crippen molar-refractivity contribution in [2.75, 3.05) is 39.8 Å². The van der Waals surface area contributed by atoms with Crippen LogP contribution in [-0.2, 0) is 0 Å². The van der Waals surface area contributed by atoms with Crippen LogP contribution in [0.3, 0.4) is 0 Å². The summed E-state index contributed by atoms with van der Waals surface area (Å²) in [5.74, 6) is 1.53. The third-order valence-electron chi connectivity index (χ3n) is 3.57. The van der Waals surface area contributed by atoms with Crippen molar-refractivity contribution in [2.24, 2.45) is 11.8 Å². The first-order valence-corrected chi connectivity index (χ1v) is 7.99. The van der Waals surface area contributed by atoms with Gasteiger partial charge in [0, 0.05) is 26.2 Å². The second-order valence-electron chi connectivity index (χ2n) is 6.51. The van der Waals surface area contributed by atoms with Gasteiger partial charge in [-0.25, -0.2) is 0 Å². The fourth-order valence-electron chi connectivity index (χ4n) is 1.96. The van der Waals surface area contributed by atoms with Crippen LogP contribution in [0.15, 0.2) is 12.7 Å². The smallest absolute Gasteiger partial charge is 0.0110 e. The van der Waals surface area contributed by atoms with Crippen LogP contribution >= 0.6 is 0 Å². The molecular weight excluding hydrogens is 232 g/mol. The molecule has 0 amide bonds. The Kier molecular flexibility index (Phi) is 11.3. The highest BCUT2D eigenvalue weighted by molar-refractivity contribution is 4.69. The van der Waals surface area contributed by atoms with Crippen molar-refractivity contribution in [1.82, 2.24) is 9.80 Å². The molecule has 0 atom stereocenters. The highest BCUT2D eigenvalue weighted by Gasteiger charge is 2.12. The Morgan fingerprint density at radius 3 is 1.95 bits per heavy atom. The standard InChI is InChI=1S/C12H26N2.C5H10/c1-12(2)6-4-5-7-14-10-8-13(3)9-11-14;1-4-5(2)3/h12H,4-11H2,1-3H3;4-5H,1H2,2-3H3. The molecule has 0 aromatic carbocycles. The SMILES string of the molecule is C=CC(C)C.CC(C)CCCCN1CCN(C)CC1. The van der Waals surface area contributed by atoms with Gasteiger partial charge in [0.15, 0.2) is 0 Å². The highest BCUT2D eigenvalue weighted by Crippen LogP contribution is 2.08. The van der Waals surface area contributed by atoms with Gasteiger partial charge in [-0.15, -0.1) is 6.58 Å². The Balaban J connectivity index is 0.000000555. The van der Waals surface area contributed by atoms with Crippen molar-refractivity contribution in [3.8, 4) is 0 Å². The number of hydrogen-bond acceptors (Lipinski definition) is 2. The number of hydrogen-bond donors (Lipinski definition) is 0. The maximum Gasteiger partial charge on any atom is 0.0110 e. The minimum atomic E-state index is 0.648. The molecule has 0 radical (unpaired) electrons. The molecule has 1 fully saturated rings. The predicted octanol–water partition coefficient (Wildman–Crippen LogP) is 3.89. The third kappa shape index (κ3) is 12.4. The molecule has 2 heteroatoms. The van der Waals surface area contributed by atoms with Crippen LogP contribution in [0.4, 0.5) is 0 Å². The number of unbranched alkanes of at least 4 members (excludes halogenated alkanes) is 1. The van der Waals surface area contributed by atoms with E-state index in [1.807, 2.05) is 6.08 Å². The molecule has 19 heavy (non-hydrogen) atoms. The molecule has 114 valence electrons. The molecule has 1 rings (SSSR count). The van der Waals surface area contributed by atoms with Gasteiger partial charge >= 0.3 is 0 Å². The van der Waals surface area contributed by atoms with E-state index >= 15 is 0 Å². The van der Waals surface area contributed by atoms with Gasteiger partial charge < -0.3 is 9.80 Å². The lowest BCUT2D eigenvalue weighted by Crippen LogP contribution is -2.44. The first kappa shape index (κ1) is 18.7. The average Bonchev–Trinajstić information content (AvgIpc) is 2.37. The van der Waals surface area contributed by atoms with Crippen molar-refractivity contribution >= 4 is 0 Å². The Morgan fingerprint density at radius 1 is 1.00 bits per heavy atom. The average molecular weight is 268 g/mol. The van der Waals surface area contributed by atoms with Crippen molar-refractivity contribution in [3.63, 3.8) is 0 Å². The van der Waals surface area contributed by atoms with E-state index < -0.39 is 0 Å². The van der Waals surface area contributed by atoms with Gasteiger partial charge in [-0.05, 0) is 31.8 Å². The summed E-state index contributed by atoms with van der Waals surface area (Å²) in [5.41, 5.74) is 0. The Bertz CT molecular complexity index is 203. The number of likely N-dealkylation sites (N-methyl/N-ethyl adjacent to an activating group) is 1. The van der Waals surface area contributed by atoms with E-state index in [0.29, 0.717) is 5.92 Å². The molecule has 0 aromatic heterocycles. The topological polar surface area (TPSA) is 6.48 Å². The Morgan fingerprint density at radius 2 is 1.53 bits per heavy atom. The monoisotopic (exact) mass is 268 g/mol. The summed E-state index contributed by atoms with van der Waals surface area (Å²) in [6.07, 6.45) is 6.11. The van der Waals surface area contributed by atoms with Gasteiger partial charge in [0.05, 0.1) is 0 Å². The Labute approximate surface area is 121 Å². The van der Waals surface area contributed by atoms with E-state index in [-0.39, 0.29) is 0 Å². The molecule has 0 N–H and O–H groups in total. The summed E-state index contributed by atoms with van der Waals surface area (Å²) < 4.78 is 0. The maximum atomic E-state index is 3.56. The number of allylic oxidation sites excluding steroid dienone is 1. The quantitative estimate of drug-likeness (QED) is 0.533. The molecular formula is C17H36N2. The van der Waals surface area contributed by atoms with Gasteiger partial charge in [0.25, 0.3) is 0 Å². The minimum absolute atomic E-state index is 0.648. The van der Waals surface area contributed by atoms with E-state index in [2.05, 4.69) is 51.1 Å². The zero-order chi connectivity index (χ0) is 14.7. The molecule has 1 heterocycles. The second-order valence-corrected chi connectivity index (χ2v) is 6.51. The van der Waals surface area contributed by atoms with Gasteiger partial charge in [-0.3, -0.25) is 0 Å². The number of piperazine rings is 1. The lowest BCUT2D eigenvalue weighted by atomic mass is 10.1. The van der Waals surface area contributed by atoms with Crippen molar-refractivity contribution in [2.45, 2.75) is 47.0 Å². The van der Waals surface area contributed by atoms with Crippen molar-refractivity contribution < 1.29 is 0 Å². The molecule has 1 aliphatic rings. The van der Waals surface area contributed by atoms with Crippen LogP contribution in [-0.4, -0.2) is 49.6 Å². The summed E-state index contributed by atoms with van der Waals surface area (Å²) >= 11 is 0. The molecule has 1 saturated heterocycles. The van der Waals surface area contributed by atoms with Crippen LogP contribution in [0.5, 0.6) is 0 Å². The van der Waals surface area contributed by atoms with E-state index in [4.69, 9.17) is 0 Å². The fraction of sp³-hybridized carbons (Fsp3) is 0.882. The van der Waals surface area contributed by atoms with Gasteiger partial charge in [0.1, 0.15) is 0 Å². The number of nitrogens with zero attached hydrogens (tertiary/aromatic N) is 2. The third-order valence-corrected chi connectivity index (χ3v) is 3.57. The molecule has 0 aliphatic carbocycles. The summed E-state index contributed by atoms with van der Waals surface area (Å²) in [4.78, 5) is 5.03. The van der Waals surface area contributed by atoms with Crippen LogP contribution in [0.2, 0.25) is 0 Å². The van der Waals surface area contributed by atoms with Gasteiger partial charge in [-0.1, -0.05) is 46.6 Å². The molecule has 1 aliphatic heterocycles. The van der Waals surface area contributed by atoms with Crippen LogP contribution in [0.1, 0.15) is 47.0 Å².